The Morgan fingerprint density at radius 3 is 2.52 bits per heavy atom. The van der Waals surface area contributed by atoms with Crippen molar-refractivity contribution in [2.45, 2.75) is 6.61 Å². The normalized spacial score (nSPS) is 10.3. The lowest BCUT2D eigenvalue weighted by Crippen LogP contribution is -2.00. The van der Waals surface area contributed by atoms with Gasteiger partial charge >= 0.3 is 5.97 Å². The first-order chi connectivity index (χ1) is 11.2. The molecule has 0 aliphatic rings. The van der Waals surface area contributed by atoms with Crippen LogP contribution in [-0.4, -0.2) is 16.1 Å². The smallest absolute Gasteiger partial charge is 0.354 e. The maximum absolute atomic E-state index is 11.1. The molecule has 0 aliphatic heterocycles. The Morgan fingerprint density at radius 2 is 1.74 bits per heavy atom. The first kappa shape index (κ1) is 14.8. The van der Waals surface area contributed by atoms with E-state index in [0.29, 0.717) is 12.4 Å². The highest BCUT2D eigenvalue weighted by molar-refractivity contribution is 5.87. The van der Waals surface area contributed by atoms with Crippen molar-refractivity contribution in [3.63, 3.8) is 0 Å². The fraction of sp³-hybridized carbons (Fsp3) is 0.0526. The van der Waals surface area contributed by atoms with Gasteiger partial charge in [0.05, 0.1) is 0 Å². The van der Waals surface area contributed by atoms with Crippen molar-refractivity contribution in [1.29, 1.82) is 0 Å². The van der Waals surface area contributed by atoms with Crippen molar-refractivity contribution in [2.24, 2.45) is 0 Å². The Morgan fingerprint density at radius 1 is 1.00 bits per heavy atom. The average Bonchev–Trinajstić information content (AvgIpc) is 2.61. The third-order valence-corrected chi connectivity index (χ3v) is 3.41. The fourth-order valence-electron chi connectivity index (χ4n) is 2.28. The number of carboxylic acids is 1. The molecule has 3 aromatic rings. The number of hydrogen-bond donors (Lipinski definition) is 1. The summed E-state index contributed by atoms with van der Waals surface area (Å²) in [6, 6.07) is 20.8. The molecule has 0 atom stereocenters. The maximum Gasteiger partial charge on any atom is 0.354 e. The molecule has 4 nitrogen and oxygen atoms in total. The number of pyridine rings is 1. The van der Waals surface area contributed by atoms with E-state index in [2.05, 4.69) is 4.98 Å². The number of aromatic nitrogens is 1. The zero-order valence-electron chi connectivity index (χ0n) is 12.3. The Kier molecular flexibility index (Phi) is 4.34. The number of aromatic carboxylic acids is 1. The molecular weight excluding hydrogens is 290 g/mol. The second-order valence-corrected chi connectivity index (χ2v) is 5.01. The standard InChI is InChI=1S/C19H15NO3/c21-19(22)17-12-15(10-11-20-17)16-8-4-5-9-18(16)23-13-14-6-2-1-3-7-14/h1-12H,13H2,(H,21,22). The SMILES string of the molecule is O=C(O)c1cc(-c2ccccc2OCc2ccccc2)ccn1. The number of carboxylic acid groups (broad SMARTS) is 1. The van der Waals surface area contributed by atoms with E-state index in [1.807, 2.05) is 54.6 Å². The molecule has 1 aromatic heterocycles. The summed E-state index contributed by atoms with van der Waals surface area (Å²) in [6.45, 7) is 0.453. The second kappa shape index (κ2) is 6.75. The summed E-state index contributed by atoms with van der Waals surface area (Å²) in [5.74, 6) is -0.339. The minimum Gasteiger partial charge on any atom is -0.488 e. The summed E-state index contributed by atoms with van der Waals surface area (Å²) in [4.78, 5) is 14.9. The van der Waals surface area contributed by atoms with Crippen LogP contribution in [-0.2, 0) is 6.61 Å². The Hall–Kier alpha value is -3.14. The highest BCUT2D eigenvalue weighted by atomic mass is 16.5. The molecule has 0 aliphatic carbocycles. The molecule has 2 aromatic carbocycles. The van der Waals surface area contributed by atoms with Gasteiger partial charge in [0, 0.05) is 11.8 Å². The van der Waals surface area contributed by atoms with Crippen molar-refractivity contribution in [1.82, 2.24) is 4.98 Å². The molecule has 0 spiro atoms. The highest BCUT2D eigenvalue weighted by Gasteiger charge is 2.10. The van der Waals surface area contributed by atoms with Crippen LogP contribution in [0.4, 0.5) is 0 Å². The van der Waals surface area contributed by atoms with E-state index in [0.717, 1.165) is 16.7 Å². The first-order valence-corrected chi connectivity index (χ1v) is 7.19. The van der Waals surface area contributed by atoms with E-state index in [9.17, 15) is 4.79 Å². The average molecular weight is 305 g/mol. The predicted octanol–water partition coefficient (Wildman–Crippen LogP) is 4.03. The van der Waals surface area contributed by atoms with Gasteiger partial charge in [0.15, 0.2) is 0 Å². The van der Waals surface area contributed by atoms with Crippen molar-refractivity contribution in [2.75, 3.05) is 0 Å². The van der Waals surface area contributed by atoms with Crippen LogP contribution < -0.4 is 4.74 Å². The molecule has 0 fully saturated rings. The van der Waals surface area contributed by atoms with Crippen molar-refractivity contribution in [3.8, 4) is 16.9 Å². The summed E-state index contributed by atoms with van der Waals surface area (Å²) in [5, 5.41) is 9.08. The predicted molar refractivity (Wildman–Crippen MR) is 87.4 cm³/mol. The molecule has 1 N–H and O–H groups in total. The second-order valence-electron chi connectivity index (χ2n) is 5.01. The van der Waals surface area contributed by atoms with Gasteiger partial charge in [-0.05, 0) is 29.3 Å². The molecule has 0 amide bonds. The summed E-state index contributed by atoms with van der Waals surface area (Å²) in [5.41, 5.74) is 2.69. The van der Waals surface area contributed by atoms with Crippen molar-refractivity contribution >= 4 is 5.97 Å². The Bertz CT molecular complexity index is 816. The number of ether oxygens (including phenoxy) is 1. The summed E-state index contributed by atoms with van der Waals surface area (Å²) in [7, 11) is 0. The van der Waals surface area contributed by atoms with Gasteiger partial charge in [-0.1, -0.05) is 48.5 Å². The van der Waals surface area contributed by atoms with Crippen LogP contribution >= 0.6 is 0 Å². The van der Waals surface area contributed by atoms with Crippen LogP contribution in [0.25, 0.3) is 11.1 Å². The maximum atomic E-state index is 11.1. The number of para-hydroxylation sites is 1. The third kappa shape index (κ3) is 3.55. The lowest BCUT2D eigenvalue weighted by atomic mass is 10.0. The first-order valence-electron chi connectivity index (χ1n) is 7.19. The van der Waals surface area contributed by atoms with Gasteiger partial charge in [-0.15, -0.1) is 0 Å². The van der Waals surface area contributed by atoms with Crippen molar-refractivity contribution < 1.29 is 14.6 Å². The van der Waals surface area contributed by atoms with Crippen LogP contribution in [0, 0.1) is 0 Å². The van der Waals surface area contributed by atoms with Crippen LogP contribution in [0.2, 0.25) is 0 Å². The monoisotopic (exact) mass is 305 g/mol. The van der Waals surface area contributed by atoms with Gasteiger partial charge in [0.2, 0.25) is 0 Å². The molecule has 23 heavy (non-hydrogen) atoms. The molecule has 0 unspecified atom stereocenters. The zero-order chi connectivity index (χ0) is 16.1. The van der Waals surface area contributed by atoms with Crippen LogP contribution in [0.5, 0.6) is 5.75 Å². The lowest BCUT2D eigenvalue weighted by Gasteiger charge is -2.12. The van der Waals surface area contributed by atoms with Gasteiger partial charge in [0.1, 0.15) is 18.1 Å². The molecule has 114 valence electrons. The Labute approximate surface area is 134 Å². The molecule has 0 saturated carbocycles. The van der Waals surface area contributed by atoms with E-state index in [1.165, 1.54) is 6.20 Å². The van der Waals surface area contributed by atoms with E-state index in [4.69, 9.17) is 9.84 Å². The highest BCUT2D eigenvalue weighted by Crippen LogP contribution is 2.30. The number of hydrogen-bond acceptors (Lipinski definition) is 3. The van der Waals surface area contributed by atoms with Crippen molar-refractivity contribution in [3.05, 3.63) is 84.2 Å². The molecule has 0 bridgehead atoms. The van der Waals surface area contributed by atoms with Crippen LogP contribution in [0.1, 0.15) is 16.1 Å². The largest absolute Gasteiger partial charge is 0.488 e. The van der Waals surface area contributed by atoms with Gasteiger partial charge in [-0.3, -0.25) is 0 Å². The Balaban J connectivity index is 1.89. The van der Waals surface area contributed by atoms with E-state index >= 15 is 0 Å². The topological polar surface area (TPSA) is 59.4 Å². The molecule has 4 heteroatoms. The quantitative estimate of drug-likeness (QED) is 0.773. The number of benzene rings is 2. The minimum absolute atomic E-state index is 0.0142. The summed E-state index contributed by atoms with van der Waals surface area (Å²) in [6.07, 6.45) is 1.49. The fourth-order valence-corrected chi connectivity index (χ4v) is 2.28. The molecule has 1 heterocycles. The minimum atomic E-state index is -1.05. The number of nitrogens with zero attached hydrogens (tertiary/aromatic N) is 1. The molecule has 0 radical (unpaired) electrons. The summed E-state index contributed by atoms with van der Waals surface area (Å²) >= 11 is 0. The van der Waals surface area contributed by atoms with Gasteiger partial charge < -0.3 is 9.84 Å². The van der Waals surface area contributed by atoms with Gasteiger partial charge in [-0.25, -0.2) is 9.78 Å². The van der Waals surface area contributed by atoms with Crippen LogP contribution in [0.15, 0.2) is 72.9 Å². The van der Waals surface area contributed by atoms with Crippen LogP contribution in [0.3, 0.4) is 0 Å². The number of carbonyl (C=O) groups is 1. The zero-order valence-corrected chi connectivity index (χ0v) is 12.3. The van der Waals surface area contributed by atoms with Gasteiger partial charge in [-0.2, -0.15) is 0 Å². The van der Waals surface area contributed by atoms with E-state index < -0.39 is 5.97 Å². The molecular formula is C19H15NO3. The van der Waals surface area contributed by atoms with E-state index in [1.54, 1.807) is 12.1 Å². The third-order valence-electron chi connectivity index (χ3n) is 3.41. The molecule has 3 rings (SSSR count). The molecule has 0 saturated heterocycles. The number of rotatable bonds is 5. The van der Waals surface area contributed by atoms with E-state index in [-0.39, 0.29) is 5.69 Å². The lowest BCUT2D eigenvalue weighted by molar-refractivity contribution is 0.0690. The summed E-state index contributed by atoms with van der Waals surface area (Å²) < 4.78 is 5.91. The van der Waals surface area contributed by atoms with Gasteiger partial charge in [0.25, 0.3) is 0 Å².